The number of carboxylic acids is 1. The van der Waals surface area contributed by atoms with Crippen LogP contribution in [0.3, 0.4) is 0 Å². The van der Waals surface area contributed by atoms with Crippen molar-refractivity contribution in [1.29, 1.82) is 0 Å². The van der Waals surface area contributed by atoms with Crippen LogP contribution in [-0.2, 0) is 16.1 Å². The lowest BCUT2D eigenvalue weighted by Gasteiger charge is -2.33. The van der Waals surface area contributed by atoms with Crippen LogP contribution < -0.4 is 5.32 Å². The van der Waals surface area contributed by atoms with Crippen LogP contribution in [0.15, 0.2) is 12.1 Å². The van der Waals surface area contributed by atoms with Crippen molar-refractivity contribution >= 4 is 29.1 Å². The first-order chi connectivity index (χ1) is 11.4. The van der Waals surface area contributed by atoms with Crippen LogP contribution in [0, 0.1) is 11.8 Å². The fourth-order valence-corrected chi connectivity index (χ4v) is 3.57. The Bertz CT molecular complexity index is 613. The monoisotopic (exact) mass is 352 g/mol. The molecule has 132 valence electrons. The van der Waals surface area contributed by atoms with Gasteiger partial charge in [-0.05, 0) is 31.4 Å². The highest BCUT2D eigenvalue weighted by molar-refractivity contribution is 7.13. The summed E-state index contributed by atoms with van der Waals surface area (Å²) in [6.45, 7) is 5.43. The average Bonchev–Trinajstić information content (AvgIpc) is 3.07. The fraction of sp³-hybridized carbons (Fsp3) is 0.588. The number of carbonyl (C=O) groups is 3. The molecule has 1 aromatic rings. The first kappa shape index (κ1) is 18.4. The minimum Gasteiger partial charge on any atom is -0.477 e. The Balaban J connectivity index is 1.87. The Morgan fingerprint density at radius 1 is 1.42 bits per heavy atom. The molecule has 2 heterocycles. The third kappa shape index (κ3) is 4.56. The van der Waals surface area contributed by atoms with E-state index in [9.17, 15) is 14.4 Å². The molecule has 0 aromatic carbocycles. The number of likely N-dealkylation sites (tertiary alicyclic amines) is 1. The van der Waals surface area contributed by atoms with E-state index in [1.54, 1.807) is 17.0 Å². The molecule has 24 heavy (non-hydrogen) atoms. The minimum atomic E-state index is -0.955. The lowest BCUT2D eigenvalue weighted by Crippen LogP contribution is -2.46. The van der Waals surface area contributed by atoms with Gasteiger partial charge in [-0.3, -0.25) is 9.59 Å². The number of hydrogen-bond donors (Lipinski definition) is 2. The van der Waals surface area contributed by atoms with Gasteiger partial charge in [0.2, 0.25) is 11.8 Å². The largest absolute Gasteiger partial charge is 0.477 e. The highest BCUT2D eigenvalue weighted by Gasteiger charge is 2.29. The minimum absolute atomic E-state index is 0.00707. The van der Waals surface area contributed by atoms with Gasteiger partial charge in [0.05, 0.1) is 12.5 Å². The topological polar surface area (TPSA) is 86.7 Å². The summed E-state index contributed by atoms with van der Waals surface area (Å²) in [5.41, 5.74) is 0. The summed E-state index contributed by atoms with van der Waals surface area (Å²) in [6, 6.07) is 3.26. The Kier molecular flexibility index (Phi) is 6.36. The number of thiophene rings is 1. The highest BCUT2D eigenvalue weighted by Crippen LogP contribution is 2.20. The van der Waals surface area contributed by atoms with Crippen molar-refractivity contribution in [3.05, 3.63) is 21.9 Å². The molecule has 7 heteroatoms. The molecule has 0 radical (unpaired) electrons. The normalized spacial score (nSPS) is 18.9. The van der Waals surface area contributed by atoms with E-state index in [4.69, 9.17) is 5.11 Å². The molecule has 2 amide bonds. The van der Waals surface area contributed by atoms with Crippen LogP contribution >= 0.6 is 11.3 Å². The number of amides is 2. The summed E-state index contributed by atoms with van der Waals surface area (Å²) in [7, 11) is 0. The van der Waals surface area contributed by atoms with E-state index in [-0.39, 0.29) is 28.5 Å². The maximum absolute atomic E-state index is 12.4. The molecule has 1 aromatic heterocycles. The molecule has 1 fully saturated rings. The fourth-order valence-electron chi connectivity index (χ4n) is 2.78. The number of carboxylic acid groups (broad SMARTS) is 1. The second-order valence-corrected chi connectivity index (χ2v) is 7.39. The number of nitrogens with zero attached hydrogens (tertiary/aromatic N) is 1. The second-order valence-electron chi connectivity index (χ2n) is 6.22. The number of carbonyl (C=O) groups excluding carboxylic acids is 2. The van der Waals surface area contributed by atoms with Gasteiger partial charge in [0.15, 0.2) is 0 Å². The van der Waals surface area contributed by atoms with Gasteiger partial charge in [-0.15, -0.1) is 11.3 Å². The Morgan fingerprint density at radius 3 is 2.79 bits per heavy atom. The molecular weight excluding hydrogens is 328 g/mol. The summed E-state index contributed by atoms with van der Waals surface area (Å²) in [5.74, 6) is -1.09. The lowest BCUT2D eigenvalue weighted by atomic mass is 9.95. The van der Waals surface area contributed by atoms with E-state index < -0.39 is 5.97 Å². The summed E-state index contributed by atoms with van der Waals surface area (Å²) < 4.78 is 0. The highest BCUT2D eigenvalue weighted by atomic mass is 32.1. The molecule has 0 spiro atoms. The first-order valence-corrected chi connectivity index (χ1v) is 9.12. The van der Waals surface area contributed by atoms with Crippen LogP contribution in [0.25, 0.3) is 0 Å². The summed E-state index contributed by atoms with van der Waals surface area (Å²) in [4.78, 5) is 38.4. The van der Waals surface area contributed by atoms with Crippen molar-refractivity contribution in [3.8, 4) is 0 Å². The molecule has 0 aliphatic carbocycles. The molecule has 0 bridgehead atoms. The molecule has 0 saturated carbocycles. The molecule has 2 rings (SSSR count). The zero-order valence-electron chi connectivity index (χ0n) is 14.1. The molecule has 1 saturated heterocycles. The molecule has 2 atom stereocenters. The van der Waals surface area contributed by atoms with Gasteiger partial charge < -0.3 is 15.3 Å². The Morgan fingerprint density at radius 2 is 2.17 bits per heavy atom. The zero-order valence-corrected chi connectivity index (χ0v) is 14.9. The van der Waals surface area contributed by atoms with E-state index in [2.05, 4.69) is 5.32 Å². The van der Waals surface area contributed by atoms with Crippen molar-refractivity contribution in [1.82, 2.24) is 10.2 Å². The summed E-state index contributed by atoms with van der Waals surface area (Å²) in [5, 5.41) is 11.8. The molecule has 1 aliphatic heterocycles. The molecule has 2 unspecified atom stereocenters. The number of piperidine rings is 1. The predicted octanol–water partition coefficient (Wildman–Crippen LogP) is 2.35. The van der Waals surface area contributed by atoms with E-state index in [0.29, 0.717) is 13.1 Å². The van der Waals surface area contributed by atoms with Gasteiger partial charge in [0.1, 0.15) is 4.88 Å². The van der Waals surface area contributed by atoms with Crippen LogP contribution in [0.5, 0.6) is 0 Å². The third-order valence-electron chi connectivity index (χ3n) is 4.45. The van der Waals surface area contributed by atoms with Gasteiger partial charge in [0, 0.05) is 23.9 Å². The number of hydrogen-bond acceptors (Lipinski definition) is 4. The van der Waals surface area contributed by atoms with Crippen molar-refractivity contribution in [2.24, 2.45) is 11.8 Å². The zero-order chi connectivity index (χ0) is 17.7. The van der Waals surface area contributed by atoms with Crippen LogP contribution in [0.1, 0.15) is 47.7 Å². The van der Waals surface area contributed by atoms with Crippen molar-refractivity contribution in [3.63, 3.8) is 0 Å². The van der Waals surface area contributed by atoms with Crippen LogP contribution in [-0.4, -0.2) is 40.9 Å². The number of rotatable bonds is 6. The van der Waals surface area contributed by atoms with Crippen molar-refractivity contribution < 1.29 is 19.5 Å². The second kappa shape index (κ2) is 8.28. The molecular formula is C17H24N2O4S. The van der Waals surface area contributed by atoms with Gasteiger partial charge in [-0.2, -0.15) is 0 Å². The van der Waals surface area contributed by atoms with Crippen molar-refractivity contribution in [2.45, 2.75) is 39.7 Å². The molecule has 6 nitrogen and oxygen atoms in total. The van der Waals surface area contributed by atoms with Crippen LogP contribution in [0.2, 0.25) is 0 Å². The molecule has 2 N–H and O–H groups in total. The van der Waals surface area contributed by atoms with Gasteiger partial charge in [0.25, 0.3) is 0 Å². The van der Waals surface area contributed by atoms with Gasteiger partial charge in [-0.1, -0.05) is 13.8 Å². The third-order valence-corrected chi connectivity index (χ3v) is 5.52. The maximum atomic E-state index is 12.4. The number of aromatic carboxylic acids is 1. The van der Waals surface area contributed by atoms with Crippen molar-refractivity contribution in [2.75, 3.05) is 13.1 Å². The van der Waals surface area contributed by atoms with E-state index in [1.165, 1.54) is 0 Å². The number of nitrogens with one attached hydrogen (secondary N) is 1. The Labute approximate surface area is 145 Å². The quantitative estimate of drug-likeness (QED) is 0.823. The van der Waals surface area contributed by atoms with Gasteiger partial charge >= 0.3 is 5.97 Å². The van der Waals surface area contributed by atoms with E-state index >= 15 is 0 Å². The van der Waals surface area contributed by atoms with Gasteiger partial charge in [-0.25, -0.2) is 4.79 Å². The predicted molar refractivity (Wildman–Crippen MR) is 91.9 cm³/mol. The lowest BCUT2D eigenvalue weighted by molar-refractivity contribution is -0.139. The standard InChI is InChI=1S/C17H24N2O4S/c1-3-11(2)16(21)19-8-4-5-12(10-19)15(20)18-9-13-6-7-14(24-13)17(22)23/h6-7,11-12H,3-5,8-10H2,1-2H3,(H,18,20)(H,22,23). The first-order valence-electron chi connectivity index (χ1n) is 8.30. The Hall–Kier alpha value is -1.89. The molecule has 1 aliphatic rings. The van der Waals surface area contributed by atoms with E-state index in [0.717, 1.165) is 42.0 Å². The summed E-state index contributed by atoms with van der Waals surface area (Å²) in [6.07, 6.45) is 2.42. The van der Waals surface area contributed by atoms with Crippen LogP contribution in [0.4, 0.5) is 0 Å². The van der Waals surface area contributed by atoms with E-state index in [1.807, 2.05) is 13.8 Å². The average molecular weight is 352 g/mol. The summed E-state index contributed by atoms with van der Waals surface area (Å²) >= 11 is 1.16. The maximum Gasteiger partial charge on any atom is 0.345 e. The smallest absolute Gasteiger partial charge is 0.345 e. The SMILES string of the molecule is CCC(C)C(=O)N1CCCC(C(=O)NCc2ccc(C(=O)O)s2)C1.